The Bertz CT molecular complexity index is 565. The molecule has 5 nitrogen and oxygen atoms in total. The average molecular weight is 273 g/mol. The molecular weight excluding hydrogens is 254 g/mol. The van der Waals surface area contributed by atoms with Gasteiger partial charge in [0, 0.05) is 11.7 Å². The van der Waals surface area contributed by atoms with Gasteiger partial charge in [0.1, 0.15) is 11.4 Å². The number of aryl methyl sites for hydroxylation is 1. The summed E-state index contributed by atoms with van der Waals surface area (Å²) in [4.78, 5) is 18.3. The number of pyridine rings is 1. The lowest BCUT2D eigenvalue weighted by atomic mass is 10.2. The third kappa shape index (κ3) is 3.47. The van der Waals surface area contributed by atoms with E-state index in [-0.39, 0.29) is 6.04 Å². The van der Waals surface area contributed by atoms with Crippen LogP contribution in [-0.2, 0) is 4.74 Å². The zero-order chi connectivity index (χ0) is 14.9. The van der Waals surface area contributed by atoms with Gasteiger partial charge in [0.05, 0.1) is 11.6 Å². The maximum atomic E-state index is 12.3. The molecule has 1 aromatic rings. The van der Waals surface area contributed by atoms with Crippen LogP contribution in [0.2, 0.25) is 0 Å². The molecule has 0 aliphatic heterocycles. The first kappa shape index (κ1) is 14.3. The van der Waals surface area contributed by atoms with Crippen LogP contribution >= 0.6 is 0 Å². The summed E-state index contributed by atoms with van der Waals surface area (Å²) in [5.74, 6) is 0.498. The zero-order valence-electron chi connectivity index (χ0n) is 12.3. The van der Waals surface area contributed by atoms with Gasteiger partial charge in [-0.15, -0.1) is 0 Å². The molecule has 0 atom stereocenters. The SMILES string of the molecule is Cc1cc(C#N)cc(N(C(=O)OC(C)(C)C)C2CC2)n1. The lowest BCUT2D eigenvalue weighted by Crippen LogP contribution is -2.39. The molecule has 0 saturated heterocycles. The lowest BCUT2D eigenvalue weighted by Gasteiger charge is -2.27. The summed E-state index contributed by atoms with van der Waals surface area (Å²) in [7, 11) is 0. The Morgan fingerprint density at radius 1 is 1.45 bits per heavy atom. The summed E-state index contributed by atoms with van der Waals surface area (Å²) in [5.41, 5.74) is 0.668. The van der Waals surface area contributed by atoms with E-state index < -0.39 is 11.7 Å². The number of ether oxygens (including phenoxy) is 1. The fourth-order valence-electron chi connectivity index (χ4n) is 1.91. The normalized spacial score (nSPS) is 14.6. The molecule has 0 bridgehead atoms. The largest absolute Gasteiger partial charge is 0.443 e. The number of carbonyl (C=O) groups excluding carboxylic acids is 1. The van der Waals surface area contributed by atoms with Crippen LogP contribution in [0.1, 0.15) is 44.9 Å². The van der Waals surface area contributed by atoms with E-state index in [1.165, 1.54) is 0 Å². The first-order chi connectivity index (χ1) is 9.30. The Morgan fingerprint density at radius 2 is 2.10 bits per heavy atom. The number of nitrogens with zero attached hydrogens (tertiary/aromatic N) is 3. The van der Waals surface area contributed by atoms with Crippen molar-refractivity contribution in [1.82, 2.24) is 4.98 Å². The summed E-state index contributed by atoms with van der Waals surface area (Å²) >= 11 is 0. The number of rotatable bonds is 2. The summed E-state index contributed by atoms with van der Waals surface area (Å²) < 4.78 is 5.43. The van der Waals surface area contributed by atoms with Crippen molar-refractivity contribution in [3.63, 3.8) is 0 Å². The summed E-state index contributed by atoms with van der Waals surface area (Å²) in [6.07, 6.45) is 1.48. The number of aromatic nitrogens is 1. The number of hydrogen-bond acceptors (Lipinski definition) is 4. The highest BCUT2D eigenvalue weighted by Gasteiger charge is 2.37. The Morgan fingerprint density at radius 3 is 2.60 bits per heavy atom. The van der Waals surface area contributed by atoms with E-state index in [0.717, 1.165) is 12.8 Å². The van der Waals surface area contributed by atoms with E-state index >= 15 is 0 Å². The Hall–Kier alpha value is -2.09. The maximum Gasteiger partial charge on any atom is 0.416 e. The van der Waals surface area contributed by atoms with Crippen molar-refractivity contribution in [2.75, 3.05) is 4.90 Å². The van der Waals surface area contributed by atoms with Crippen molar-refractivity contribution in [1.29, 1.82) is 5.26 Å². The minimum absolute atomic E-state index is 0.130. The van der Waals surface area contributed by atoms with E-state index in [4.69, 9.17) is 10.00 Å². The quantitative estimate of drug-likeness (QED) is 0.830. The van der Waals surface area contributed by atoms with Gasteiger partial charge in [-0.05, 0) is 52.7 Å². The van der Waals surface area contributed by atoms with Crippen molar-refractivity contribution in [2.45, 2.75) is 52.2 Å². The van der Waals surface area contributed by atoms with Crippen LogP contribution in [0.3, 0.4) is 0 Å². The summed E-state index contributed by atoms with van der Waals surface area (Å²) in [5, 5.41) is 9.04. The van der Waals surface area contributed by atoms with Crippen molar-refractivity contribution in [3.05, 3.63) is 23.4 Å². The van der Waals surface area contributed by atoms with E-state index in [1.54, 1.807) is 17.0 Å². The second kappa shape index (κ2) is 5.12. The maximum absolute atomic E-state index is 12.3. The Balaban J connectivity index is 2.32. The van der Waals surface area contributed by atoms with Crippen LogP contribution in [0, 0.1) is 18.3 Å². The highest BCUT2D eigenvalue weighted by Crippen LogP contribution is 2.32. The van der Waals surface area contributed by atoms with Gasteiger partial charge in [0.25, 0.3) is 0 Å². The van der Waals surface area contributed by atoms with Gasteiger partial charge in [-0.3, -0.25) is 4.90 Å². The molecule has 0 radical (unpaired) electrons. The van der Waals surface area contributed by atoms with Crippen LogP contribution < -0.4 is 4.90 Å². The molecule has 20 heavy (non-hydrogen) atoms. The second-order valence-electron chi connectivity index (χ2n) is 6.05. The second-order valence-corrected chi connectivity index (χ2v) is 6.05. The molecule has 2 rings (SSSR count). The summed E-state index contributed by atoms with van der Waals surface area (Å²) in [6.45, 7) is 7.31. The van der Waals surface area contributed by atoms with Crippen LogP contribution in [0.25, 0.3) is 0 Å². The van der Waals surface area contributed by atoms with E-state index in [9.17, 15) is 4.79 Å². The van der Waals surface area contributed by atoms with Crippen molar-refractivity contribution in [3.8, 4) is 6.07 Å². The number of nitriles is 1. The van der Waals surface area contributed by atoms with Crippen molar-refractivity contribution >= 4 is 11.9 Å². The van der Waals surface area contributed by atoms with Gasteiger partial charge in [-0.2, -0.15) is 5.26 Å². The van der Waals surface area contributed by atoms with Crippen LogP contribution in [-0.4, -0.2) is 22.7 Å². The summed E-state index contributed by atoms with van der Waals surface area (Å²) in [6, 6.07) is 5.55. The lowest BCUT2D eigenvalue weighted by molar-refractivity contribution is 0.0576. The first-order valence-corrected chi connectivity index (χ1v) is 6.71. The van der Waals surface area contributed by atoms with E-state index in [2.05, 4.69) is 11.1 Å². The molecule has 0 aromatic carbocycles. The average Bonchev–Trinajstić information content (AvgIpc) is 3.10. The van der Waals surface area contributed by atoms with Crippen molar-refractivity contribution in [2.24, 2.45) is 0 Å². The fourth-order valence-corrected chi connectivity index (χ4v) is 1.91. The molecule has 1 heterocycles. The minimum atomic E-state index is -0.549. The topological polar surface area (TPSA) is 66.2 Å². The number of carbonyl (C=O) groups is 1. The van der Waals surface area contributed by atoms with Gasteiger partial charge >= 0.3 is 6.09 Å². The molecule has 1 aromatic heterocycles. The molecule has 0 spiro atoms. The van der Waals surface area contributed by atoms with Gasteiger partial charge in [0.15, 0.2) is 0 Å². The first-order valence-electron chi connectivity index (χ1n) is 6.71. The highest BCUT2D eigenvalue weighted by molar-refractivity contribution is 5.88. The number of hydrogen-bond donors (Lipinski definition) is 0. The molecule has 1 amide bonds. The van der Waals surface area contributed by atoms with Crippen LogP contribution in [0.15, 0.2) is 12.1 Å². The molecule has 0 N–H and O–H groups in total. The zero-order valence-corrected chi connectivity index (χ0v) is 12.3. The molecule has 0 unspecified atom stereocenters. The van der Waals surface area contributed by atoms with Crippen molar-refractivity contribution < 1.29 is 9.53 Å². The van der Waals surface area contributed by atoms with Crippen LogP contribution in [0.5, 0.6) is 0 Å². The third-order valence-corrected chi connectivity index (χ3v) is 2.82. The number of anilines is 1. The predicted octanol–water partition coefficient (Wildman–Crippen LogP) is 3.17. The fraction of sp³-hybridized carbons (Fsp3) is 0.533. The molecule has 5 heteroatoms. The molecule has 106 valence electrons. The number of amides is 1. The molecule has 1 fully saturated rings. The molecule has 1 aliphatic rings. The van der Waals surface area contributed by atoms with Gasteiger partial charge in [-0.25, -0.2) is 9.78 Å². The van der Waals surface area contributed by atoms with Gasteiger partial charge in [0.2, 0.25) is 0 Å². The molecule has 1 saturated carbocycles. The van der Waals surface area contributed by atoms with Gasteiger partial charge < -0.3 is 4.74 Å². The third-order valence-electron chi connectivity index (χ3n) is 2.82. The minimum Gasteiger partial charge on any atom is -0.443 e. The molecule has 1 aliphatic carbocycles. The smallest absolute Gasteiger partial charge is 0.416 e. The Kier molecular flexibility index (Phi) is 3.67. The molecular formula is C15H19N3O2. The monoisotopic (exact) mass is 273 g/mol. The predicted molar refractivity (Wildman–Crippen MR) is 75.4 cm³/mol. The van der Waals surface area contributed by atoms with Crippen LogP contribution in [0.4, 0.5) is 10.6 Å². The van der Waals surface area contributed by atoms with E-state index in [1.807, 2.05) is 27.7 Å². The Labute approximate surface area is 119 Å². The highest BCUT2D eigenvalue weighted by atomic mass is 16.6. The standard InChI is InChI=1S/C15H19N3O2/c1-10-7-11(9-16)8-13(17-10)18(12-5-6-12)14(19)20-15(2,3)4/h7-8,12H,5-6H2,1-4H3. The van der Waals surface area contributed by atoms with Gasteiger partial charge in [-0.1, -0.05) is 0 Å². The van der Waals surface area contributed by atoms with E-state index in [0.29, 0.717) is 17.1 Å².